The van der Waals surface area contributed by atoms with Gasteiger partial charge in [0.1, 0.15) is 0 Å². The summed E-state index contributed by atoms with van der Waals surface area (Å²) in [6.07, 6.45) is 0.857. The van der Waals surface area contributed by atoms with Crippen molar-refractivity contribution in [3.8, 4) is 0 Å². The quantitative estimate of drug-likeness (QED) is 0.861. The third-order valence-electron chi connectivity index (χ3n) is 3.15. The fourth-order valence-corrected chi connectivity index (χ4v) is 2.05. The van der Waals surface area contributed by atoms with E-state index >= 15 is 0 Å². The summed E-state index contributed by atoms with van der Waals surface area (Å²) >= 11 is 0. The van der Waals surface area contributed by atoms with Gasteiger partial charge in [0, 0.05) is 26.3 Å². The molecule has 5 nitrogen and oxygen atoms in total. The molecule has 0 saturated carbocycles. The molecule has 0 unspecified atom stereocenters. The van der Waals surface area contributed by atoms with Crippen molar-refractivity contribution in [3.63, 3.8) is 0 Å². The smallest absolute Gasteiger partial charge is 0.335 e. The zero-order chi connectivity index (χ0) is 13.3. The first kappa shape index (κ1) is 12.4. The van der Waals surface area contributed by atoms with Gasteiger partial charge < -0.3 is 14.9 Å². The Hall–Kier alpha value is -2.04. The summed E-state index contributed by atoms with van der Waals surface area (Å²) in [5, 5.41) is 8.98. The SMILES string of the molecule is CN(C)C(=O)CN1CCc2ccc(C(=O)O)cc21. The highest BCUT2D eigenvalue weighted by atomic mass is 16.4. The van der Waals surface area contributed by atoms with Crippen LogP contribution in [0.25, 0.3) is 0 Å². The molecule has 1 heterocycles. The first-order valence-corrected chi connectivity index (χ1v) is 5.80. The molecule has 0 aromatic heterocycles. The number of anilines is 1. The maximum absolute atomic E-state index is 11.7. The lowest BCUT2D eigenvalue weighted by atomic mass is 10.1. The van der Waals surface area contributed by atoms with E-state index in [-0.39, 0.29) is 11.5 Å². The van der Waals surface area contributed by atoms with Gasteiger partial charge in [-0.05, 0) is 24.1 Å². The second-order valence-electron chi connectivity index (χ2n) is 4.61. The van der Waals surface area contributed by atoms with E-state index in [1.165, 1.54) is 0 Å². The number of hydrogen-bond acceptors (Lipinski definition) is 3. The van der Waals surface area contributed by atoms with Gasteiger partial charge in [-0.1, -0.05) is 6.07 Å². The van der Waals surface area contributed by atoms with E-state index in [1.807, 2.05) is 11.0 Å². The lowest BCUT2D eigenvalue weighted by Gasteiger charge is -2.21. The van der Waals surface area contributed by atoms with E-state index in [4.69, 9.17) is 5.11 Å². The molecule has 2 rings (SSSR count). The third-order valence-corrected chi connectivity index (χ3v) is 3.15. The van der Waals surface area contributed by atoms with Crippen LogP contribution in [-0.2, 0) is 11.2 Å². The van der Waals surface area contributed by atoms with Crippen molar-refractivity contribution in [2.24, 2.45) is 0 Å². The number of benzene rings is 1. The summed E-state index contributed by atoms with van der Waals surface area (Å²) in [5.74, 6) is -0.924. The van der Waals surface area contributed by atoms with Crippen LogP contribution >= 0.6 is 0 Å². The highest BCUT2D eigenvalue weighted by Gasteiger charge is 2.22. The highest BCUT2D eigenvalue weighted by molar-refractivity contribution is 5.90. The number of likely N-dealkylation sites (N-methyl/N-ethyl adjacent to an activating group) is 1. The van der Waals surface area contributed by atoms with E-state index in [2.05, 4.69) is 0 Å². The number of rotatable bonds is 3. The Morgan fingerprint density at radius 1 is 1.39 bits per heavy atom. The Kier molecular flexibility index (Phi) is 3.23. The number of aromatic carboxylic acids is 1. The lowest BCUT2D eigenvalue weighted by molar-refractivity contribution is -0.127. The molecular weight excluding hydrogens is 232 g/mol. The van der Waals surface area contributed by atoms with Crippen LogP contribution in [0.5, 0.6) is 0 Å². The number of amides is 1. The molecular formula is C13H16N2O3. The van der Waals surface area contributed by atoms with Crippen molar-refractivity contribution in [1.29, 1.82) is 0 Å². The number of carboxylic acid groups (broad SMARTS) is 1. The predicted molar refractivity (Wildman–Crippen MR) is 68.0 cm³/mol. The van der Waals surface area contributed by atoms with Crippen LogP contribution in [0.1, 0.15) is 15.9 Å². The van der Waals surface area contributed by atoms with Gasteiger partial charge in [0.15, 0.2) is 0 Å². The Balaban J connectivity index is 2.23. The number of fused-ring (bicyclic) bond motifs is 1. The fraction of sp³-hybridized carbons (Fsp3) is 0.385. The molecule has 0 saturated heterocycles. The van der Waals surface area contributed by atoms with Crippen LogP contribution in [0.2, 0.25) is 0 Å². The minimum atomic E-state index is -0.941. The summed E-state index contributed by atoms with van der Waals surface area (Å²) in [5.41, 5.74) is 2.23. The average Bonchev–Trinajstić information content (AvgIpc) is 2.71. The molecule has 0 spiro atoms. The zero-order valence-electron chi connectivity index (χ0n) is 10.5. The number of carbonyl (C=O) groups excluding carboxylic acids is 1. The lowest BCUT2D eigenvalue weighted by Crippen LogP contribution is -2.35. The van der Waals surface area contributed by atoms with Gasteiger partial charge in [-0.3, -0.25) is 4.79 Å². The van der Waals surface area contributed by atoms with Gasteiger partial charge in [0.05, 0.1) is 12.1 Å². The zero-order valence-corrected chi connectivity index (χ0v) is 10.5. The summed E-state index contributed by atoms with van der Waals surface area (Å²) in [4.78, 5) is 26.1. The second-order valence-corrected chi connectivity index (χ2v) is 4.61. The molecule has 96 valence electrons. The van der Waals surface area contributed by atoms with E-state index < -0.39 is 5.97 Å². The van der Waals surface area contributed by atoms with E-state index in [9.17, 15) is 9.59 Å². The maximum atomic E-state index is 11.7. The molecule has 0 atom stereocenters. The Morgan fingerprint density at radius 2 is 2.11 bits per heavy atom. The first-order valence-electron chi connectivity index (χ1n) is 5.80. The molecule has 0 aliphatic carbocycles. The molecule has 0 bridgehead atoms. The first-order chi connectivity index (χ1) is 8.49. The summed E-state index contributed by atoms with van der Waals surface area (Å²) < 4.78 is 0. The van der Waals surface area contributed by atoms with Gasteiger partial charge >= 0.3 is 5.97 Å². The number of nitrogens with zero attached hydrogens (tertiary/aromatic N) is 2. The van der Waals surface area contributed by atoms with Crippen molar-refractivity contribution in [3.05, 3.63) is 29.3 Å². The Morgan fingerprint density at radius 3 is 2.72 bits per heavy atom. The molecule has 18 heavy (non-hydrogen) atoms. The standard InChI is InChI=1S/C13H16N2O3/c1-14(2)12(16)8-15-6-5-9-3-4-10(13(17)18)7-11(9)15/h3-4,7H,5-6,8H2,1-2H3,(H,17,18). The van der Waals surface area contributed by atoms with Crippen LogP contribution < -0.4 is 4.90 Å². The topological polar surface area (TPSA) is 60.9 Å². The molecule has 1 aromatic rings. The van der Waals surface area contributed by atoms with Crippen LogP contribution in [0.3, 0.4) is 0 Å². The van der Waals surface area contributed by atoms with E-state index in [0.717, 1.165) is 24.2 Å². The van der Waals surface area contributed by atoms with Crippen molar-refractivity contribution in [2.75, 3.05) is 32.1 Å². The summed E-state index contributed by atoms with van der Waals surface area (Å²) in [6.45, 7) is 1.06. The molecule has 5 heteroatoms. The van der Waals surface area contributed by atoms with Gasteiger partial charge in [-0.15, -0.1) is 0 Å². The van der Waals surface area contributed by atoms with E-state index in [1.54, 1.807) is 31.1 Å². The van der Waals surface area contributed by atoms with Crippen LogP contribution in [0.4, 0.5) is 5.69 Å². The molecule has 1 aromatic carbocycles. The Labute approximate surface area is 106 Å². The summed E-state index contributed by atoms with van der Waals surface area (Å²) in [7, 11) is 3.43. The third kappa shape index (κ3) is 2.30. The largest absolute Gasteiger partial charge is 0.478 e. The van der Waals surface area contributed by atoms with E-state index in [0.29, 0.717) is 6.54 Å². The monoisotopic (exact) mass is 248 g/mol. The molecule has 1 amide bonds. The molecule has 0 fully saturated rings. The van der Waals surface area contributed by atoms with Crippen molar-refractivity contribution < 1.29 is 14.7 Å². The highest BCUT2D eigenvalue weighted by Crippen LogP contribution is 2.28. The number of carbonyl (C=O) groups is 2. The van der Waals surface area contributed by atoms with Crippen molar-refractivity contribution >= 4 is 17.6 Å². The van der Waals surface area contributed by atoms with Gasteiger partial charge in [0.25, 0.3) is 0 Å². The van der Waals surface area contributed by atoms with Gasteiger partial charge in [0.2, 0.25) is 5.91 Å². The number of hydrogen-bond donors (Lipinski definition) is 1. The molecule has 0 radical (unpaired) electrons. The van der Waals surface area contributed by atoms with Gasteiger partial charge in [-0.25, -0.2) is 4.79 Å². The average molecular weight is 248 g/mol. The van der Waals surface area contributed by atoms with Gasteiger partial charge in [-0.2, -0.15) is 0 Å². The van der Waals surface area contributed by atoms with Crippen molar-refractivity contribution in [1.82, 2.24) is 4.90 Å². The maximum Gasteiger partial charge on any atom is 0.335 e. The predicted octanol–water partition coefficient (Wildman–Crippen LogP) is 0.836. The Bertz CT molecular complexity index is 497. The van der Waals surface area contributed by atoms with Crippen LogP contribution in [0, 0.1) is 0 Å². The van der Waals surface area contributed by atoms with Crippen LogP contribution in [-0.4, -0.2) is 49.1 Å². The molecule has 1 aliphatic heterocycles. The number of carboxylic acids is 1. The minimum Gasteiger partial charge on any atom is -0.478 e. The minimum absolute atomic E-state index is 0.0172. The van der Waals surface area contributed by atoms with Crippen molar-refractivity contribution in [2.45, 2.75) is 6.42 Å². The fourth-order valence-electron chi connectivity index (χ4n) is 2.05. The van der Waals surface area contributed by atoms with Crippen LogP contribution in [0.15, 0.2) is 18.2 Å². The normalized spacial score (nSPS) is 13.3. The molecule has 1 aliphatic rings. The second kappa shape index (κ2) is 4.68. The summed E-state index contributed by atoms with van der Waals surface area (Å²) in [6, 6.07) is 5.09. The molecule has 1 N–H and O–H groups in total.